The first-order valence-electron chi connectivity index (χ1n) is 4.69. The number of carbonyl (C=O) groups is 2. The molecular weight excluding hydrogens is 172 g/mol. The molecule has 4 heteroatoms. The lowest BCUT2D eigenvalue weighted by atomic mass is 10.1. The number of carbonyl (C=O) groups excluding carboxylic acids is 2. The van der Waals surface area contributed by atoms with Crippen molar-refractivity contribution in [2.24, 2.45) is 0 Å². The van der Waals surface area contributed by atoms with Crippen molar-refractivity contribution in [3.05, 3.63) is 0 Å². The zero-order chi connectivity index (χ0) is 9.26. The predicted molar refractivity (Wildman–Crippen MR) is 42.8 cm³/mol. The molecule has 2 fully saturated rings. The van der Waals surface area contributed by atoms with E-state index in [4.69, 9.17) is 9.47 Å². The maximum Gasteiger partial charge on any atom is 0.417 e. The molecule has 0 spiro atoms. The fraction of sp³-hybridized carbons (Fsp3) is 0.778. The Kier molecular flexibility index (Phi) is 2.20. The van der Waals surface area contributed by atoms with Crippen LogP contribution >= 0.6 is 0 Å². The van der Waals surface area contributed by atoms with Crippen LogP contribution in [0.5, 0.6) is 0 Å². The van der Waals surface area contributed by atoms with E-state index >= 15 is 0 Å². The Balaban J connectivity index is 2.07. The van der Waals surface area contributed by atoms with Crippen molar-refractivity contribution in [2.45, 2.75) is 44.3 Å². The summed E-state index contributed by atoms with van der Waals surface area (Å²) in [5.41, 5.74) is 0. The van der Waals surface area contributed by atoms with E-state index in [0.29, 0.717) is 0 Å². The van der Waals surface area contributed by atoms with Gasteiger partial charge in [0.2, 0.25) is 0 Å². The zero-order valence-electron chi connectivity index (χ0n) is 7.32. The van der Waals surface area contributed by atoms with Crippen LogP contribution in [0.1, 0.15) is 32.1 Å². The summed E-state index contributed by atoms with van der Waals surface area (Å²) < 4.78 is 9.94. The standard InChI is InChI=1S/C9H12O4/c10-8-9(11)13-7-5-3-1-2-4-6(7)12-8/h6-7H,1-5H2/t6-,7-/m1/s1. The Morgan fingerprint density at radius 1 is 0.846 bits per heavy atom. The monoisotopic (exact) mass is 184 g/mol. The van der Waals surface area contributed by atoms with Crippen molar-refractivity contribution in [2.75, 3.05) is 0 Å². The molecule has 0 aromatic carbocycles. The number of ether oxygens (including phenoxy) is 2. The molecule has 0 N–H and O–H groups in total. The molecule has 13 heavy (non-hydrogen) atoms. The van der Waals surface area contributed by atoms with Gasteiger partial charge >= 0.3 is 11.9 Å². The van der Waals surface area contributed by atoms with Crippen molar-refractivity contribution in [3.63, 3.8) is 0 Å². The minimum atomic E-state index is -0.830. The van der Waals surface area contributed by atoms with Gasteiger partial charge in [0.25, 0.3) is 0 Å². The molecular formula is C9H12O4. The molecule has 1 saturated heterocycles. The van der Waals surface area contributed by atoms with Gasteiger partial charge in [-0.05, 0) is 25.7 Å². The minimum absolute atomic E-state index is 0.187. The van der Waals surface area contributed by atoms with Gasteiger partial charge in [0, 0.05) is 0 Å². The highest BCUT2D eigenvalue weighted by atomic mass is 16.6. The van der Waals surface area contributed by atoms with Gasteiger partial charge in [-0.1, -0.05) is 6.42 Å². The van der Waals surface area contributed by atoms with E-state index in [2.05, 4.69) is 0 Å². The van der Waals surface area contributed by atoms with Gasteiger partial charge in [-0.3, -0.25) is 0 Å². The van der Waals surface area contributed by atoms with Crippen LogP contribution in [0.15, 0.2) is 0 Å². The molecule has 0 radical (unpaired) electrons. The van der Waals surface area contributed by atoms with Crippen LogP contribution in [0.2, 0.25) is 0 Å². The number of hydrogen-bond donors (Lipinski definition) is 0. The molecule has 72 valence electrons. The smallest absolute Gasteiger partial charge is 0.417 e. The lowest BCUT2D eigenvalue weighted by Crippen LogP contribution is -2.43. The Morgan fingerprint density at radius 2 is 1.31 bits per heavy atom. The fourth-order valence-corrected chi connectivity index (χ4v) is 1.88. The minimum Gasteiger partial charge on any atom is -0.450 e. The van der Waals surface area contributed by atoms with Gasteiger partial charge in [-0.2, -0.15) is 0 Å². The molecule has 1 saturated carbocycles. The molecule has 0 bridgehead atoms. The fourth-order valence-electron chi connectivity index (χ4n) is 1.88. The van der Waals surface area contributed by atoms with Crippen LogP contribution in [0.4, 0.5) is 0 Å². The summed E-state index contributed by atoms with van der Waals surface area (Å²) in [4.78, 5) is 21.7. The molecule has 2 atom stereocenters. The lowest BCUT2D eigenvalue weighted by Gasteiger charge is -2.28. The second-order valence-corrected chi connectivity index (χ2v) is 3.53. The Morgan fingerprint density at radius 3 is 1.77 bits per heavy atom. The van der Waals surface area contributed by atoms with Crippen molar-refractivity contribution < 1.29 is 19.1 Å². The highest BCUT2D eigenvalue weighted by Crippen LogP contribution is 2.26. The quantitative estimate of drug-likeness (QED) is 0.412. The molecule has 1 aliphatic carbocycles. The number of rotatable bonds is 0. The molecule has 0 aromatic rings. The first-order valence-corrected chi connectivity index (χ1v) is 4.69. The van der Waals surface area contributed by atoms with Gasteiger partial charge in [0.05, 0.1) is 0 Å². The summed E-state index contributed by atoms with van der Waals surface area (Å²) in [6.45, 7) is 0. The van der Waals surface area contributed by atoms with Crippen LogP contribution in [-0.4, -0.2) is 24.1 Å². The number of hydrogen-bond acceptors (Lipinski definition) is 4. The average molecular weight is 184 g/mol. The van der Waals surface area contributed by atoms with E-state index in [9.17, 15) is 9.59 Å². The Bertz CT molecular complexity index is 212. The highest BCUT2D eigenvalue weighted by molar-refractivity contribution is 6.30. The summed E-state index contributed by atoms with van der Waals surface area (Å²) >= 11 is 0. The molecule has 0 amide bonds. The summed E-state index contributed by atoms with van der Waals surface area (Å²) in [6, 6.07) is 0. The summed E-state index contributed by atoms with van der Waals surface area (Å²) in [6.07, 6.45) is 4.49. The van der Waals surface area contributed by atoms with E-state index < -0.39 is 11.9 Å². The first kappa shape index (κ1) is 8.53. The summed E-state index contributed by atoms with van der Waals surface area (Å²) in [7, 11) is 0. The van der Waals surface area contributed by atoms with Gasteiger partial charge in [-0.25, -0.2) is 9.59 Å². The van der Waals surface area contributed by atoms with Crippen LogP contribution in [0.3, 0.4) is 0 Å². The normalized spacial score (nSPS) is 34.2. The molecule has 0 unspecified atom stereocenters. The van der Waals surface area contributed by atoms with Crippen LogP contribution in [0, 0.1) is 0 Å². The SMILES string of the molecule is O=C1O[C@@H]2CCCCC[C@H]2OC1=O. The number of fused-ring (bicyclic) bond motifs is 1. The largest absolute Gasteiger partial charge is 0.450 e. The highest BCUT2D eigenvalue weighted by Gasteiger charge is 2.38. The van der Waals surface area contributed by atoms with E-state index in [1.165, 1.54) is 0 Å². The van der Waals surface area contributed by atoms with Gasteiger partial charge in [0.1, 0.15) is 12.2 Å². The van der Waals surface area contributed by atoms with Gasteiger partial charge in [0.15, 0.2) is 0 Å². The topological polar surface area (TPSA) is 52.6 Å². The maximum absolute atomic E-state index is 10.9. The molecule has 2 rings (SSSR count). The van der Waals surface area contributed by atoms with E-state index in [1.807, 2.05) is 0 Å². The molecule has 1 aliphatic heterocycles. The van der Waals surface area contributed by atoms with Crippen LogP contribution in [-0.2, 0) is 19.1 Å². The molecule has 1 heterocycles. The third-order valence-corrected chi connectivity index (χ3v) is 2.58. The summed E-state index contributed by atoms with van der Waals surface area (Å²) in [5.74, 6) is -1.66. The van der Waals surface area contributed by atoms with Crippen LogP contribution in [0.25, 0.3) is 0 Å². The third-order valence-electron chi connectivity index (χ3n) is 2.58. The van der Waals surface area contributed by atoms with Crippen molar-refractivity contribution in [1.29, 1.82) is 0 Å². The molecule has 2 aliphatic rings. The number of esters is 2. The molecule has 0 aromatic heterocycles. The van der Waals surface area contributed by atoms with Crippen molar-refractivity contribution in [1.82, 2.24) is 0 Å². The van der Waals surface area contributed by atoms with Crippen molar-refractivity contribution in [3.8, 4) is 0 Å². The second-order valence-electron chi connectivity index (χ2n) is 3.53. The lowest BCUT2D eigenvalue weighted by molar-refractivity contribution is -0.195. The van der Waals surface area contributed by atoms with E-state index in [-0.39, 0.29) is 12.2 Å². The Labute approximate surface area is 76.2 Å². The summed E-state index contributed by atoms with van der Waals surface area (Å²) in [5, 5.41) is 0. The first-order chi connectivity index (χ1) is 6.27. The van der Waals surface area contributed by atoms with E-state index in [1.54, 1.807) is 0 Å². The third kappa shape index (κ3) is 1.66. The van der Waals surface area contributed by atoms with Gasteiger partial charge in [-0.15, -0.1) is 0 Å². The van der Waals surface area contributed by atoms with Crippen LogP contribution < -0.4 is 0 Å². The van der Waals surface area contributed by atoms with Gasteiger partial charge < -0.3 is 9.47 Å². The second kappa shape index (κ2) is 3.36. The maximum atomic E-state index is 10.9. The average Bonchev–Trinajstić information content (AvgIpc) is 2.31. The Hall–Kier alpha value is -1.06. The predicted octanol–water partition coefficient (Wildman–Crippen LogP) is 0.788. The van der Waals surface area contributed by atoms with Crippen molar-refractivity contribution >= 4 is 11.9 Å². The van der Waals surface area contributed by atoms with E-state index in [0.717, 1.165) is 32.1 Å². The zero-order valence-corrected chi connectivity index (χ0v) is 7.32. The molecule has 4 nitrogen and oxygen atoms in total.